The van der Waals surface area contributed by atoms with E-state index < -0.39 is 33.2 Å². The molecular formula is C7H13N3O4S. The van der Waals surface area contributed by atoms with Gasteiger partial charge in [-0.05, 0) is 6.92 Å². The monoisotopic (exact) mass is 235 g/mol. The first-order valence-electron chi connectivity index (χ1n) is 4.34. The summed E-state index contributed by atoms with van der Waals surface area (Å²) >= 11 is 0. The molecule has 1 fully saturated rings. The van der Waals surface area contributed by atoms with Crippen LogP contribution in [-0.4, -0.2) is 44.6 Å². The molecule has 1 saturated heterocycles. The summed E-state index contributed by atoms with van der Waals surface area (Å²) < 4.78 is 22.1. The van der Waals surface area contributed by atoms with E-state index in [1.807, 2.05) is 0 Å². The fraction of sp³-hybridized carbons (Fsp3) is 0.714. The number of amides is 3. The number of hydrogen-bond acceptors (Lipinski definition) is 4. The summed E-state index contributed by atoms with van der Waals surface area (Å²) in [6.45, 7) is 1.54. The van der Waals surface area contributed by atoms with Crippen molar-refractivity contribution < 1.29 is 18.0 Å². The third-order valence-corrected chi connectivity index (χ3v) is 3.48. The Balaban J connectivity index is 2.53. The Bertz CT molecular complexity index is 378. The lowest BCUT2D eigenvalue weighted by Gasteiger charge is -2.14. The van der Waals surface area contributed by atoms with E-state index in [-0.39, 0.29) is 6.54 Å². The lowest BCUT2D eigenvalue weighted by Crippen LogP contribution is -2.48. The number of urea groups is 1. The average Bonchev–Trinajstić information content (AvgIpc) is 2.50. The molecule has 1 rings (SSSR count). The maximum absolute atomic E-state index is 11.4. The zero-order chi connectivity index (χ0) is 11.6. The first kappa shape index (κ1) is 11.8. The second kappa shape index (κ2) is 4.05. The van der Waals surface area contributed by atoms with E-state index in [2.05, 4.69) is 16.0 Å². The molecule has 3 amide bonds. The molecule has 8 heteroatoms. The van der Waals surface area contributed by atoms with Crippen LogP contribution in [0.4, 0.5) is 4.79 Å². The van der Waals surface area contributed by atoms with Gasteiger partial charge in [0, 0.05) is 12.8 Å². The molecule has 0 spiro atoms. The number of nitrogens with one attached hydrogen (secondary N) is 3. The quantitative estimate of drug-likeness (QED) is 0.535. The van der Waals surface area contributed by atoms with Crippen molar-refractivity contribution in [3.05, 3.63) is 0 Å². The van der Waals surface area contributed by atoms with Crippen LogP contribution in [-0.2, 0) is 14.6 Å². The van der Waals surface area contributed by atoms with Gasteiger partial charge in [-0.2, -0.15) is 0 Å². The fourth-order valence-electron chi connectivity index (χ4n) is 1.02. The molecule has 3 N–H and O–H groups in total. The van der Waals surface area contributed by atoms with Crippen LogP contribution in [0, 0.1) is 0 Å². The standard InChI is InChI=1S/C7H13N3O4S/c1-4(15(2,13)14)9-6(11)5-3-8-7(12)10-5/h4-5H,3H2,1-2H3,(H,9,11)(H2,8,10,12). The van der Waals surface area contributed by atoms with Gasteiger partial charge in [-0.15, -0.1) is 0 Å². The van der Waals surface area contributed by atoms with Crippen LogP contribution >= 0.6 is 0 Å². The Morgan fingerprint density at radius 2 is 2.20 bits per heavy atom. The van der Waals surface area contributed by atoms with Gasteiger partial charge in [-0.3, -0.25) is 4.79 Å². The Labute approximate surface area is 87.5 Å². The van der Waals surface area contributed by atoms with Gasteiger partial charge in [-0.25, -0.2) is 13.2 Å². The molecule has 0 aromatic heterocycles. The third kappa shape index (κ3) is 3.08. The van der Waals surface area contributed by atoms with Crippen LogP contribution in [0.5, 0.6) is 0 Å². The van der Waals surface area contributed by atoms with Crippen molar-refractivity contribution in [3.63, 3.8) is 0 Å². The Morgan fingerprint density at radius 1 is 1.60 bits per heavy atom. The topological polar surface area (TPSA) is 104 Å². The van der Waals surface area contributed by atoms with Crippen molar-refractivity contribution in [2.45, 2.75) is 18.3 Å². The molecule has 15 heavy (non-hydrogen) atoms. The van der Waals surface area contributed by atoms with Crippen LogP contribution in [0.1, 0.15) is 6.92 Å². The smallest absolute Gasteiger partial charge is 0.315 e. The number of hydrogen-bond donors (Lipinski definition) is 3. The SMILES string of the molecule is CC(NC(=O)C1CNC(=O)N1)S(C)(=O)=O. The Morgan fingerprint density at radius 3 is 2.60 bits per heavy atom. The summed E-state index contributed by atoms with van der Waals surface area (Å²) in [6, 6.07) is -1.14. The van der Waals surface area contributed by atoms with Gasteiger partial charge in [-0.1, -0.05) is 0 Å². The van der Waals surface area contributed by atoms with E-state index >= 15 is 0 Å². The molecule has 0 saturated carbocycles. The molecule has 2 atom stereocenters. The predicted octanol–water partition coefficient (Wildman–Crippen LogP) is -1.83. The minimum atomic E-state index is -3.31. The fourth-order valence-corrected chi connectivity index (χ4v) is 1.35. The maximum Gasteiger partial charge on any atom is 0.315 e. The van der Waals surface area contributed by atoms with Crippen LogP contribution in [0.25, 0.3) is 0 Å². The molecule has 0 aliphatic carbocycles. The molecule has 86 valence electrons. The zero-order valence-electron chi connectivity index (χ0n) is 8.40. The molecule has 2 unspecified atom stereocenters. The average molecular weight is 235 g/mol. The van der Waals surface area contributed by atoms with Gasteiger partial charge in [0.25, 0.3) is 0 Å². The predicted molar refractivity (Wildman–Crippen MR) is 52.8 cm³/mol. The van der Waals surface area contributed by atoms with E-state index in [9.17, 15) is 18.0 Å². The van der Waals surface area contributed by atoms with Crippen LogP contribution in [0.3, 0.4) is 0 Å². The van der Waals surface area contributed by atoms with E-state index in [0.29, 0.717) is 0 Å². The van der Waals surface area contributed by atoms with Crippen molar-refractivity contribution in [2.75, 3.05) is 12.8 Å². The maximum atomic E-state index is 11.4. The highest BCUT2D eigenvalue weighted by molar-refractivity contribution is 7.91. The normalized spacial score (nSPS) is 22.8. The molecule has 1 heterocycles. The Kier molecular flexibility index (Phi) is 3.18. The molecule has 7 nitrogen and oxygen atoms in total. The first-order valence-corrected chi connectivity index (χ1v) is 6.30. The highest BCUT2D eigenvalue weighted by atomic mass is 32.2. The van der Waals surface area contributed by atoms with Crippen LogP contribution in [0.2, 0.25) is 0 Å². The van der Waals surface area contributed by atoms with Gasteiger partial charge in [0.2, 0.25) is 5.91 Å². The molecule has 0 aromatic carbocycles. The van der Waals surface area contributed by atoms with Crippen LogP contribution < -0.4 is 16.0 Å². The first-order chi connectivity index (χ1) is 6.80. The summed E-state index contributed by atoms with van der Waals surface area (Å²) in [5.74, 6) is -0.508. The van der Waals surface area contributed by atoms with Gasteiger partial charge >= 0.3 is 6.03 Å². The third-order valence-electron chi connectivity index (χ3n) is 2.08. The number of rotatable bonds is 3. The summed E-state index contributed by atoms with van der Waals surface area (Å²) in [6.07, 6.45) is 1.03. The molecule has 0 bridgehead atoms. The highest BCUT2D eigenvalue weighted by Crippen LogP contribution is 1.96. The number of sulfone groups is 1. The lowest BCUT2D eigenvalue weighted by molar-refractivity contribution is -0.122. The molecular weight excluding hydrogens is 222 g/mol. The lowest BCUT2D eigenvalue weighted by atomic mass is 10.3. The Hall–Kier alpha value is -1.31. The van der Waals surface area contributed by atoms with Gasteiger partial charge in [0.15, 0.2) is 9.84 Å². The molecule has 0 aromatic rings. The van der Waals surface area contributed by atoms with Crippen molar-refractivity contribution in [1.29, 1.82) is 0 Å². The number of carbonyl (C=O) groups excluding carboxylic acids is 2. The molecule has 0 radical (unpaired) electrons. The van der Waals surface area contributed by atoms with Crippen molar-refractivity contribution in [1.82, 2.24) is 16.0 Å². The van der Waals surface area contributed by atoms with E-state index in [1.165, 1.54) is 6.92 Å². The largest absolute Gasteiger partial charge is 0.338 e. The summed E-state index contributed by atoms with van der Waals surface area (Å²) in [7, 11) is -3.31. The number of carbonyl (C=O) groups is 2. The summed E-state index contributed by atoms with van der Waals surface area (Å²) in [5, 5.41) is 6.10. The van der Waals surface area contributed by atoms with E-state index in [1.54, 1.807) is 0 Å². The van der Waals surface area contributed by atoms with Gasteiger partial charge in [0.05, 0.1) is 0 Å². The van der Waals surface area contributed by atoms with Crippen molar-refractivity contribution in [3.8, 4) is 0 Å². The summed E-state index contributed by atoms with van der Waals surface area (Å²) in [5.41, 5.74) is 0. The van der Waals surface area contributed by atoms with Crippen molar-refractivity contribution in [2.24, 2.45) is 0 Å². The summed E-state index contributed by atoms with van der Waals surface area (Å²) in [4.78, 5) is 22.1. The second-order valence-electron chi connectivity index (χ2n) is 3.39. The molecule has 1 aliphatic heterocycles. The van der Waals surface area contributed by atoms with E-state index in [0.717, 1.165) is 6.26 Å². The van der Waals surface area contributed by atoms with Gasteiger partial charge < -0.3 is 16.0 Å². The van der Waals surface area contributed by atoms with Crippen molar-refractivity contribution >= 4 is 21.8 Å². The minimum Gasteiger partial charge on any atom is -0.338 e. The second-order valence-corrected chi connectivity index (χ2v) is 5.75. The van der Waals surface area contributed by atoms with E-state index in [4.69, 9.17) is 0 Å². The zero-order valence-corrected chi connectivity index (χ0v) is 9.22. The highest BCUT2D eigenvalue weighted by Gasteiger charge is 2.29. The van der Waals surface area contributed by atoms with Crippen LogP contribution in [0.15, 0.2) is 0 Å². The molecule has 1 aliphatic rings. The minimum absolute atomic E-state index is 0.168. The van der Waals surface area contributed by atoms with Gasteiger partial charge in [0.1, 0.15) is 11.4 Å².